The standard InChI is InChI=1S/C17H16BrN3O2/c1-10-6-4-5-7-11(10)16(22)19-13-9-15-14(8-12(13)18)20(2)17(23)21(15)3/h4-9H,1-3H3,(H,19,22). The second kappa shape index (κ2) is 5.70. The van der Waals surface area contributed by atoms with Crippen LogP contribution >= 0.6 is 15.9 Å². The maximum atomic E-state index is 12.5. The van der Waals surface area contributed by atoms with Gasteiger partial charge in [-0.2, -0.15) is 0 Å². The van der Waals surface area contributed by atoms with Crippen LogP contribution in [0.15, 0.2) is 45.7 Å². The molecule has 118 valence electrons. The molecule has 3 rings (SSSR count). The SMILES string of the molecule is Cc1ccccc1C(=O)Nc1cc2c(cc1Br)n(C)c(=O)n2C. The van der Waals surface area contributed by atoms with Gasteiger partial charge in [0.1, 0.15) is 0 Å². The summed E-state index contributed by atoms with van der Waals surface area (Å²) in [6, 6.07) is 11.1. The van der Waals surface area contributed by atoms with Gasteiger partial charge in [0.2, 0.25) is 0 Å². The number of aromatic nitrogens is 2. The molecule has 0 aliphatic carbocycles. The van der Waals surface area contributed by atoms with Crippen LogP contribution in [0.2, 0.25) is 0 Å². The predicted octanol–water partition coefficient (Wildman–Crippen LogP) is 3.20. The number of hydrogen-bond acceptors (Lipinski definition) is 2. The van der Waals surface area contributed by atoms with Crippen molar-refractivity contribution in [2.45, 2.75) is 6.92 Å². The highest BCUT2D eigenvalue weighted by atomic mass is 79.9. The molecule has 0 aliphatic rings. The van der Waals surface area contributed by atoms with E-state index in [1.807, 2.05) is 31.2 Å². The zero-order valence-electron chi connectivity index (χ0n) is 13.1. The molecular formula is C17H16BrN3O2. The number of aryl methyl sites for hydroxylation is 3. The zero-order chi connectivity index (χ0) is 16.7. The number of halogens is 1. The van der Waals surface area contributed by atoms with Crippen LogP contribution in [0.1, 0.15) is 15.9 Å². The lowest BCUT2D eigenvalue weighted by molar-refractivity contribution is 0.102. The third-order valence-corrected chi connectivity index (χ3v) is 4.65. The number of rotatable bonds is 2. The van der Waals surface area contributed by atoms with E-state index in [4.69, 9.17) is 0 Å². The van der Waals surface area contributed by atoms with Crippen molar-refractivity contribution in [1.82, 2.24) is 9.13 Å². The zero-order valence-corrected chi connectivity index (χ0v) is 14.6. The van der Waals surface area contributed by atoms with Crippen LogP contribution < -0.4 is 11.0 Å². The van der Waals surface area contributed by atoms with Crippen molar-refractivity contribution in [3.63, 3.8) is 0 Å². The van der Waals surface area contributed by atoms with Gasteiger partial charge in [0, 0.05) is 24.1 Å². The molecule has 0 unspecified atom stereocenters. The van der Waals surface area contributed by atoms with Gasteiger partial charge in [-0.25, -0.2) is 4.79 Å². The second-order valence-electron chi connectivity index (χ2n) is 5.49. The Hall–Kier alpha value is -2.34. The number of nitrogens with one attached hydrogen (secondary N) is 1. The first kappa shape index (κ1) is 15.6. The van der Waals surface area contributed by atoms with E-state index in [9.17, 15) is 9.59 Å². The lowest BCUT2D eigenvalue weighted by atomic mass is 10.1. The molecule has 0 spiro atoms. The van der Waals surface area contributed by atoms with Gasteiger partial charge in [-0.05, 0) is 46.6 Å². The molecule has 0 radical (unpaired) electrons. The van der Waals surface area contributed by atoms with Crippen molar-refractivity contribution in [1.29, 1.82) is 0 Å². The van der Waals surface area contributed by atoms with Crippen LogP contribution in [0.25, 0.3) is 11.0 Å². The van der Waals surface area contributed by atoms with Crippen LogP contribution in [0.4, 0.5) is 5.69 Å². The Kier molecular flexibility index (Phi) is 3.85. The molecular weight excluding hydrogens is 358 g/mol. The number of amides is 1. The molecule has 0 atom stereocenters. The first-order valence-electron chi connectivity index (χ1n) is 7.12. The molecule has 0 bridgehead atoms. The molecule has 1 N–H and O–H groups in total. The van der Waals surface area contributed by atoms with E-state index in [-0.39, 0.29) is 11.6 Å². The molecule has 3 aromatic rings. The largest absolute Gasteiger partial charge is 0.328 e. The predicted molar refractivity (Wildman–Crippen MR) is 95.0 cm³/mol. The van der Waals surface area contributed by atoms with Crippen LogP contribution in [-0.4, -0.2) is 15.0 Å². The molecule has 0 saturated heterocycles. The summed E-state index contributed by atoms with van der Waals surface area (Å²) < 4.78 is 3.87. The first-order valence-corrected chi connectivity index (χ1v) is 7.91. The molecule has 0 fully saturated rings. The average molecular weight is 374 g/mol. The van der Waals surface area contributed by atoms with Gasteiger partial charge in [0.25, 0.3) is 5.91 Å². The van der Waals surface area contributed by atoms with Crippen LogP contribution in [-0.2, 0) is 14.1 Å². The number of carbonyl (C=O) groups excluding carboxylic acids is 1. The number of imidazole rings is 1. The van der Waals surface area contributed by atoms with Gasteiger partial charge in [-0.15, -0.1) is 0 Å². The van der Waals surface area contributed by atoms with Crippen molar-refractivity contribution in [2.24, 2.45) is 14.1 Å². The molecule has 5 nitrogen and oxygen atoms in total. The third kappa shape index (κ3) is 2.59. The Labute approximate surface area is 141 Å². The summed E-state index contributed by atoms with van der Waals surface area (Å²) in [6.07, 6.45) is 0. The Morgan fingerprint density at radius 2 is 1.70 bits per heavy atom. The maximum absolute atomic E-state index is 12.5. The van der Waals surface area contributed by atoms with Gasteiger partial charge < -0.3 is 5.32 Å². The molecule has 1 aromatic heterocycles. The first-order chi connectivity index (χ1) is 10.9. The fourth-order valence-electron chi connectivity index (χ4n) is 2.63. The Morgan fingerprint density at radius 3 is 2.35 bits per heavy atom. The Bertz CT molecular complexity index is 985. The van der Waals surface area contributed by atoms with Gasteiger partial charge in [0.05, 0.1) is 16.7 Å². The minimum absolute atomic E-state index is 0.103. The van der Waals surface area contributed by atoms with Gasteiger partial charge in [-0.1, -0.05) is 18.2 Å². The fourth-order valence-corrected chi connectivity index (χ4v) is 3.06. The summed E-state index contributed by atoms with van der Waals surface area (Å²) in [5, 5.41) is 2.90. The summed E-state index contributed by atoms with van der Waals surface area (Å²) in [5.41, 5.74) is 3.64. The van der Waals surface area contributed by atoms with Gasteiger partial charge in [-0.3, -0.25) is 13.9 Å². The molecule has 1 amide bonds. The molecule has 23 heavy (non-hydrogen) atoms. The number of benzene rings is 2. The van der Waals surface area contributed by atoms with Crippen molar-refractivity contribution in [3.8, 4) is 0 Å². The summed E-state index contributed by atoms with van der Waals surface area (Å²) >= 11 is 3.47. The van der Waals surface area contributed by atoms with Crippen molar-refractivity contribution < 1.29 is 4.79 Å². The molecule has 0 saturated carbocycles. The van der Waals surface area contributed by atoms with Crippen LogP contribution in [0, 0.1) is 6.92 Å². The smallest absolute Gasteiger partial charge is 0.321 e. The van der Waals surface area contributed by atoms with Crippen LogP contribution in [0.5, 0.6) is 0 Å². The molecule has 0 aliphatic heterocycles. The van der Waals surface area contributed by atoms with E-state index in [1.165, 1.54) is 0 Å². The normalized spacial score (nSPS) is 11.0. The topological polar surface area (TPSA) is 56.0 Å². The molecule has 2 aromatic carbocycles. The molecule has 6 heteroatoms. The number of fused-ring (bicyclic) bond motifs is 1. The monoisotopic (exact) mass is 373 g/mol. The minimum Gasteiger partial charge on any atom is -0.321 e. The quantitative estimate of drug-likeness (QED) is 0.749. The van der Waals surface area contributed by atoms with Crippen molar-refractivity contribution >= 4 is 38.6 Å². The van der Waals surface area contributed by atoms with E-state index in [2.05, 4.69) is 21.2 Å². The van der Waals surface area contributed by atoms with Crippen molar-refractivity contribution in [3.05, 3.63) is 62.5 Å². The second-order valence-corrected chi connectivity index (χ2v) is 6.34. The minimum atomic E-state index is -0.177. The van der Waals surface area contributed by atoms with E-state index < -0.39 is 0 Å². The fraction of sp³-hybridized carbons (Fsp3) is 0.176. The highest BCUT2D eigenvalue weighted by Crippen LogP contribution is 2.28. The summed E-state index contributed by atoms with van der Waals surface area (Å²) in [6.45, 7) is 1.90. The average Bonchev–Trinajstić information content (AvgIpc) is 2.73. The highest BCUT2D eigenvalue weighted by molar-refractivity contribution is 9.10. The van der Waals surface area contributed by atoms with Gasteiger partial charge in [0.15, 0.2) is 0 Å². The number of anilines is 1. The number of carbonyl (C=O) groups is 1. The van der Waals surface area contributed by atoms with E-state index in [0.29, 0.717) is 11.3 Å². The van der Waals surface area contributed by atoms with Crippen molar-refractivity contribution in [2.75, 3.05) is 5.32 Å². The van der Waals surface area contributed by atoms with E-state index in [1.54, 1.807) is 35.4 Å². The van der Waals surface area contributed by atoms with Crippen LogP contribution in [0.3, 0.4) is 0 Å². The number of hydrogen-bond donors (Lipinski definition) is 1. The van der Waals surface area contributed by atoms with E-state index >= 15 is 0 Å². The summed E-state index contributed by atoms with van der Waals surface area (Å²) in [5.74, 6) is -0.177. The molecule has 1 heterocycles. The summed E-state index contributed by atoms with van der Waals surface area (Å²) in [4.78, 5) is 24.5. The Balaban J connectivity index is 2.05. The maximum Gasteiger partial charge on any atom is 0.328 e. The van der Waals surface area contributed by atoms with Gasteiger partial charge >= 0.3 is 5.69 Å². The highest BCUT2D eigenvalue weighted by Gasteiger charge is 2.14. The third-order valence-electron chi connectivity index (χ3n) is 4.00. The lowest BCUT2D eigenvalue weighted by Gasteiger charge is -2.10. The Morgan fingerprint density at radius 1 is 1.09 bits per heavy atom. The summed E-state index contributed by atoms with van der Waals surface area (Å²) in [7, 11) is 3.44. The van der Waals surface area contributed by atoms with E-state index in [0.717, 1.165) is 21.1 Å². The lowest BCUT2D eigenvalue weighted by Crippen LogP contribution is -2.19. The number of nitrogens with zero attached hydrogens (tertiary/aromatic N) is 2.